The van der Waals surface area contributed by atoms with Gasteiger partial charge in [-0.25, -0.2) is 16.8 Å². The first-order chi connectivity index (χ1) is 9.71. The van der Waals surface area contributed by atoms with Crippen LogP contribution in [0.5, 0.6) is 0 Å². The maximum atomic E-state index is 10.3. The summed E-state index contributed by atoms with van der Waals surface area (Å²) < 4.78 is 67.3. The first-order valence-corrected chi connectivity index (χ1v) is 11.8. The molecule has 13 heteroatoms. The first kappa shape index (κ1) is 30.2. The largest absolute Gasteiger partial charge is 1.00 e. The third-order valence-electron chi connectivity index (χ3n) is 2.11. The van der Waals surface area contributed by atoms with Gasteiger partial charge in [0.15, 0.2) is 0 Å². The van der Waals surface area contributed by atoms with Gasteiger partial charge in [-0.15, -0.1) is 0 Å². The van der Waals surface area contributed by atoms with E-state index >= 15 is 0 Å². The summed E-state index contributed by atoms with van der Waals surface area (Å²) in [5.41, 5.74) is 0. The van der Waals surface area contributed by atoms with Crippen LogP contribution in [0, 0.1) is 0 Å². The number of thioether (sulfide) groups is 2. The minimum absolute atomic E-state index is 0. The molecule has 23 heavy (non-hydrogen) atoms. The predicted molar refractivity (Wildman–Crippen MR) is 83.8 cm³/mol. The van der Waals surface area contributed by atoms with E-state index in [0.29, 0.717) is 37.6 Å². The van der Waals surface area contributed by atoms with E-state index in [9.17, 15) is 25.9 Å². The molecule has 0 unspecified atom stereocenters. The molecule has 0 radical (unpaired) electrons. The number of hydrogen-bond donors (Lipinski definition) is 0. The third-order valence-corrected chi connectivity index (χ3v) is 5.75. The molecule has 0 aliphatic carbocycles. The van der Waals surface area contributed by atoms with Crippen LogP contribution in [-0.2, 0) is 25.0 Å². The molecule has 0 aromatic heterocycles. The van der Waals surface area contributed by atoms with E-state index in [0.717, 1.165) is 11.5 Å². The van der Waals surface area contributed by atoms with Gasteiger partial charge < -0.3 is 13.8 Å². The molecule has 0 rings (SSSR count). The Hall–Kier alpha value is 2.48. The van der Waals surface area contributed by atoms with Crippen LogP contribution in [0.3, 0.4) is 0 Å². The molecule has 0 aromatic carbocycles. The normalized spacial score (nSPS) is 11.6. The van der Waals surface area contributed by atoms with E-state index in [4.69, 9.17) is 4.74 Å². The molecule has 0 fully saturated rings. The van der Waals surface area contributed by atoms with Gasteiger partial charge in [-0.2, -0.15) is 23.5 Å². The van der Waals surface area contributed by atoms with Crippen molar-refractivity contribution in [1.82, 2.24) is 0 Å². The van der Waals surface area contributed by atoms with Crippen molar-refractivity contribution in [2.24, 2.45) is 0 Å². The van der Waals surface area contributed by atoms with Gasteiger partial charge in [0.1, 0.15) is 0 Å². The van der Waals surface area contributed by atoms with Crippen LogP contribution in [0.2, 0.25) is 0 Å². The molecule has 0 heterocycles. The Labute approximate surface area is 191 Å². The zero-order valence-corrected chi connectivity index (χ0v) is 20.8. The molecule has 0 amide bonds. The third kappa shape index (κ3) is 29.5. The number of hydrogen-bond acceptors (Lipinski definition) is 9. The zero-order valence-electron chi connectivity index (χ0n) is 13.6. The Morgan fingerprint density at radius 2 is 1.04 bits per heavy atom. The molecule has 0 aromatic rings. The van der Waals surface area contributed by atoms with E-state index in [-0.39, 0.29) is 70.6 Å². The molecule has 0 atom stereocenters. The maximum absolute atomic E-state index is 10.3. The van der Waals surface area contributed by atoms with Gasteiger partial charge in [-0.05, 0) is 24.3 Å². The van der Waals surface area contributed by atoms with Crippen molar-refractivity contribution in [3.8, 4) is 0 Å². The van der Waals surface area contributed by atoms with E-state index < -0.39 is 20.2 Å². The Bertz CT molecular complexity index is 414. The SMILES string of the molecule is O=S(=O)([O-])CCCSCCOCCSCCCS(=O)(=O)[O-].[Na+].[Na+]. The van der Waals surface area contributed by atoms with E-state index in [2.05, 4.69) is 0 Å². The van der Waals surface area contributed by atoms with Gasteiger partial charge in [0, 0.05) is 23.0 Å². The average molecular weight is 427 g/mol. The fourth-order valence-electron chi connectivity index (χ4n) is 1.22. The van der Waals surface area contributed by atoms with E-state index in [1.165, 1.54) is 23.5 Å². The van der Waals surface area contributed by atoms with Gasteiger partial charge in [0.25, 0.3) is 0 Å². The molecular formula is C10H20Na2O7S4. The molecule has 0 aliphatic heterocycles. The molecule has 0 saturated carbocycles. The quantitative estimate of drug-likeness (QED) is 0.152. The fraction of sp³-hybridized carbons (Fsp3) is 1.00. The van der Waals surface area contributed by atoms with Gasteiger partial charge in [0.2, 0.25) is 0 Å². The smallest absolute Gasteiger partial charge is 0.748 e. The summed E-state index contributed by atoms with van der Waals surface area (Å²) in [6, 6.07) is 0. The minimum atomic E-state index is -4.10. The van der Waals surface area contributed by atoms with Crippen molar-refractivity contribution >= 4 is 43.8 Å². The Kier molecular flexibility index (Phi) is 23.5. The molecule has 0 saturated heterocycles. The van der Waals surface area contributed by atoms with Crippen LogP contribution in [0.15, 0.2) is 0 Å². The molecule has 0 aliphatic rings. The second-order valence-corrected chi connectivity index (χ2v) is 9.56. The van der Waals surface area contributed by atoms with Crippen LogP contribution in [-0.4, -0.2) is 73.7 Å². The van der Waals surface area contributed by atoms with Crippen LogP contribution in [0.25, 0.3) is 0 Å². The van der Waals surface area contributed by atoms with Crippen molar-refractivity contribution in [3.63, 3.8) is 0 Å². The second-order valence-electron chi connectivity index (χ2n) is 4.07. The van der Waals surface area contributed by atoms with E-state index in [1.807, 2.05) is 0 Å². The van der Waals surface area contributed by atoms with Crippen LogP contribution >= 0.6 is 23.5 Å². The van der Waals surface area contributed by atoms with Crippen molar-refractivity contribution in [2.75, 3.05) is 47.7 Å². The van der Waals surface area contributed by atoms with Crippen molar-refractivity contribution < 1.29 is 89.8 Å². The van der Waals surface area contributed by atoms with Crippen molar-refractivity contribution in [2.45, 2.75) is 12.8 Å². The standard InChI is InChI=1S/C10H22O7S4.2Na/c11-20(12,13)9-1-5-18-7-3-17-4-8-19-6-2-10-21(14,15)16;;/h1-10H2,(H,11,12,13)(H,14,15,16);;/q;2*+1/p-2. The van der Waals surface area contributed by atoms with Crippen molar-refractivity contribution in [3.05, 3.63) is 0 Å². The molecular weight excluding hydrogens is 406 g/mol. The molecule has 7 nitrogen and oxygen atoms in total. The summed E-state index contributed by atoms with van der Waals surface area (Å²) in [6.45, 7) is 1.09. The summed E-state index contributed by atoms with van der Waals surface area (Å²) in [6.07, 6.45) is 0.712. The molecule has 128 valence electrons. The second kappa shape index (κ2) is 17.9. The summed E-state index contributed by atoms with van der Waals surface area (Å²) in [5, 5.41) is 0. The molecule has 0 N–H and O–H groups in total. The Morgan fingerprint density at radius 1 is 0.696 bits per heavy atom. The van der Waals surface area contributed by atoms with Gasteiger partial charge in [0.05, 0.1) is 33.5 Å². The number of rotatable bonds is 14. The molecule has 0 spiro atoms. The topological polar surface area (TPSA) is 124 Å². The predicted octanol–water partition coefficient (Wildman–Crippen LogP) is -5.65. The maximum Gasteiger partial charge on any atom is 1.00 e. The summed E-state index contributed by atoms with van der Waals surface area (Å²) in [5.74, 6) is 2.05. The Balaban J connectivity index is -0.00000200. The van der Waals surface area contributed by atoms with Crippen LogP contribution < -0.4 is 59.1 Å². The number of ether oxygens (including phenoxy) is 1. The summed E-state index contributed by atoms with van der Waals surface area (Å²) in [7, 11) is -8.20. The summed E-state index contributed by atoms with van der Waals surface area (Å²) in [4.78, 5) is 0. The van der Waals surface area contributed by atoms with Crippen LogP contribution in [0.4, 0.5) is 0 Å². The monoisotopic (exact) mass is 426 g/mol. The van der Waals surface area contributed by atoms with Crippen molar-refractivity contribution in [1.29, 1.82) is 0 Å². The minimum Gasteiger partial charge on any atom is -0.748 e. The van der Waals surface area contributed by atoms with Gasteiger partial charge in [-0.3, -0.25) is 0 Å². The zero-order chi connectivity index (χ0) is 16.2. The summed E-state index contributed by atoms with van der Waals surface area (Å²) >= 11 is 3.06. The van der Waals surface area contributed by atoms with E-state index in [1.54, 1.807) is 0 Å². The first-order valence-electron chi connectivity index (χ1n) is 6.31. The average Bonchev–Trinajstić information content (AvgIpc) is 2.32. The van der Waals surface area contributed by atoms with Gasteiger partial charge in [-0.1, -0.05) is 0 Å². The molecule has 0 bridgehead atoms. The Morgan fingerprint density at radius 3 is 1.35 bits per heavy atom. The van der Waals surface area contributed by atoms with Gasteiger partial charge >= 0.3 is 59.1 Å². The fourth-order valence-corrected chi connectivity index (χ4v) is 4.16. The van der Waals surface area contributed by atoms with Crippen LogP contribution in [0.1, 0.15) is 12.8 Å².